The van der Waals surface area contributed by atoms with E-state index in [1.165, 1.54) is 0 Å². The number of allylic oxidation sites excluding steroid dienone is 1. The average molecular weight is 182 g/mol. The largest absolute Gasteiger partial charge is 0.299 e. The summed E-state index contributed by atoms with van der Waals surface area (Å²) in [6.45, 7) is 9.80. The Morgan fingerprint density at radius 2 is 2.08 bits per heavy atom. The Kier molecular flexibility index (Phi) is 6.56. The molecule has 13 heavy (non-hydrogen) atoms. The van der Waals surface area contributed by atoms with Gasteiger partial charge in [-0.1, -0.05) is 33.3 Å². The van der Waals surface area contributed by atoms with Crippen LogP contribution in [0.3, 0.4) is 0 Å². The lowest BCUT2D eigenvalue weighted by Crippen LogP contribution is -2.12. The molecule has 0 amide bonds. The van der Waals surface area contributed by atoms with E-state index in [1.54, 1.807) is 0 Å². The van der Waals surface area contributed by atoms with Crippen molar-refractivity contribution in [3.05, 3.63) is 12.7 Å². The highest BCUT2D eigenvalue weighted by atomic mass is 16.1. The summed E-state index contributed by atoms with van der Waals surface area (Å²) in [6, 6.07) is 0. The van der Waals surface area contributed by atoms with E-state index in [1.807, 2.05) is 19.9 Å². The third-order valence-corrected chi connectivity index (χ3v) is 2.49. The summed E-state index contributed by atoms with van der Waals surface area (Å²) < 4.78 is 0. The number of hydrogen-bond acceptors (Lipinski definition) is 1. The first kappa shape index (κ1) is 12.4. The van der Waals surface area contributed by atoms with Gasteiger partial charge in [0.05, 0.1) is 0 Å². The highest BCUT2D eigenvalue weighted by Crippen LogP contribution is 2.18. The third kappa shape index (κ3) is 5.62. The van der Waals surface area contributed by atoms with Crippen LogP contribution in [0.1, 0.15) is 46.5 Å². The lowest BCUT2D eigenvalue weighted by Gasteiger charge is -2.13. The van der Waals surface area contributed by atoms with Crippen LogP contribution in [-0.4, -0.2) is 5.78 Å². The topological polar surface area (TPSA) is 17.1 Å². The SMILES string of the molecule is C=CCCC(CC)CC(=O)C(C)C. The van der Waals surface area contributed by atoms with Crippen molar-refractivity contribution in [1.82, 2.24) is 0 Å². The standard InChI is InChI=1S/C12H22O/c1-5-7-8-11(6-2)9-12(13)10(3)4/h5,10-11H,1,6-9H2,2-4H3. The van der Waals surface area contributed by atoms with Gasteiger partial charge in [0.1, 0.15) is 5.78 Å². The van der Waals surface area contributed by atoms with Crippen LogP contribution in [-0.2, 0) is 4.79 Å². The fourth-order valence-electron chi connectivity index (χ4n) is 1.32. The quantitative estimate of drug-likeness (QED) is 0.550. The van der Waals surface area contributed by atoms with Crippen molar-refractivity contribution in [2.75, 3.05) is 0 Å². The maximum atomic E-state index is 11.4. The zero-order valence-electron chi connectivity index (χ0n) is 9.18. The first-order chi connectivity index (χ1) is 6.11. The van der Waals surface area contributed by atoms with E-state index in [4.69, 9.17) is 0 Å². The Morgan fingerprint density at radius 3 is 2.46 bits per heavy atom. The lowest BCUT2D eigenvalue weighted by atomic mass is 9.91. The van der Waals surface area contributed by atoms with Gasteiger partial charge in [0, 0.05) is 12.3 Å². The van der Waals surface area contributed by atoms with E-state index in [0.29, 0.717) is 11.7 Å². The highest BCUT2D eigenvalue weighted by molar-refractivity contribution is 5.80. The zero-order chi connectivity index (χ0) is 10.3. The molecule has 0 aromatic carbocycles. The summed E-state index contributed by atoms with van der Waals surface area (Å²) in [5.41, 5.74) is 0. The molecular formula is C12H22O. The van der Waals surface area contributed by atoms with E-state index >= 15 is 0 Å². The van der Waals surface area contributed by atoms with Gasteiger partial charge >= 0.3 is 0 Å². The lowest BCUT2D eigenvalue weighted by molar-refractivity contribution is -0.122. The molecule has 76 valence electrons. The van der Waals surface area contributed by atoms with Crippen molar-refractivity contribution >= 4 is 5.78 Å². The summed E-state index contributed by atoms with van der Waals surface area (Å²) in [6.07, 6.45) is 5.93. The molecule has 1 atom stereocenters. The number of Topliss-reactive ketones (excluding diaryl/α,β-unsaturated/α-hetero) is 1. The van der Waals surface area contributed by atoms with Crippen LogP contribution in [0.15, 0.2) is 12.7 Å². The number of carbonyl (C=O) groups is 1. The third-order valence-electron chi connectivity index (χ3n) is 2.49. The van der Waals surface area contributed by atoms with Crippen molar-refractivity contribution in [3.63, 3.8) is 0 Å². The van der Waals surface area contributed by atoms with E-state index in [2.05, 4.69) is 13.5 Å². The van der Waals surface area contributed by atoms with Crippen LogP contribution in [0.5, 0.6) is 0 Å². The Balaban J connectivity index is 3.82. The first-order valence-corrected chi connectivity index (χ1v) is 5.25. The minimum absolute atomic E-state index is 0.192. The predicted molar refractivity (Wildman–Crippen MR) is 57.7 cm³/mol. The van der Waals surface area contributed by atoms with Crippen LogP contribution >= 0.6 is 0 Å². The molecule has 0 aromatic heterocycles. The van der Waals surface area contributed by atoms with Crippen LogP contribution in [0.2, 0.25) is 0 Å². The average Bonchev–Trinajstić information content (AvgIpc) is 2.11. The van der Waals surface area contributed by atoms with Crippen LogP contribution in [0.4, 0.5) is 0 Å². The smallest absolute Gasteiger partial charge is 0.135 e. The van der Waals surface area contributed by atoms with E-state index in [9.17, 15) is 4.79 Å². The van der Waals surface area contributed by atoms with Crippen LogP contribution < -0.4 is 0 Å². The zero-order valence-corrected chi connectivity index (χ0v) is 9.18. The summed E-state index contributed by atoms with van der Waals surface area (Å²) in [5.74, 6) is 1.15. The molecule has 0 aliphatic carbocycles. The van der Waals surface area contributed by atoms with Gasteiger partial charge in [-0.3, -0.25) is 4.79 Å². The fraction of sp³-hybridized carbons (Fsp3) is 0.750. The second-order valence-electron chi connectivity index (χ2n) is 3.97. The number of rotatable bonds is 7. The highest BCUT2D eigenvalue weighted by Gasteiger charge is 2.13. The monoisotopic (exact) mass is 182 g/mol. The summed E-state index contributed by atoms with van der Waals surface area (Å²) in [7, 11) is 0. The Hall–Kier alpha value is -0.590. The molecule has 0 N–H and O–H groups in total. The molecule has 0 rings (SSSR count). The maximum absolute atomic E-state index is 11.4. The number of carbonyl (C=O) groups excluding carboxylic acids is 1. The molecule has 0 aliphatic rings. The molecule has 0 saturated carbocycles. The molecular weight excluding hydrogens is 160 g/mol. The fourth-order valence-corrected chi connectivity index (χ4v) is 1.32. The molecule has 0 fully saturated rings. The molecule has 0 radical (unpaired) electrons. The van der Waals surface area contributed by atoms with Crippen molar-refractivity contribution in [1.29, 1.82) is 0 Å². The molecule has 0 spiro atoms. The van der Waals surface area contributed by atoms with Crippen molar-refractivity contribution in [3.8, 4) is 0 Å². The van der Waals surface area contributed by atoms with E-state index < -0.39 is 0 Å². The van der Waals surface area contributed by atoms with Gasteiger partial charge in [-0.25, -0.2) is 0 Å². The Morgan fingerprint density at radius 1 is 1.46 bits per heavy atom. The van der Waals surface area contributed by atoms with Crippen molar-refractivity contribution in [2.24, 2.45) is 11.8 Å². The van der Waals surface area contributed by atoms with Gasteiger partial charge in [-0.2, -0.15) is 0 Å². The molecule has 0 heterocycles. The number of hydrogen-bond donors (Lipinski definition) is 0. The maximum Gasteiger partial charge on any atom is 0.135 e. The Bertz CT molecular complexity index is 159. The van der Waals surface area contributed by atoms with Crippen molar-refractivity contribution < 1.29 is 4.79 Å². The van der Waals surface area contributed by atoms with Gasteiger partial charge in [0.2, 0.25) is 0 Å². The second kappa shape index (κ2) is 6.88. The summed E-state index contributed by atoms with van der Waals surface area (Å²) >= 11 is 0. The molecule has 0 bridgehead atoms. The van der Waals surface area contributed by atoms with E-state index in [0.717, 1.165) is 25.7 Å². The van der Waals surface area contributed by atoms with Gasteiger partial charge in [0.25, 0.3) is 0 Å². The van der Waals surface area contributed by atoms with Crippen LogP contribution in [0, 0.1) is 11.8 Å². The van der Waals surface area contributed by atoms with Crippen molar-refractivity contribution in [2.45, 2.75) is 46.5 Å². The normalized spacial score (nSPS) is 12.9. The second-order valence-corrected chi connectivity index (χ2v) is 3.97. The first-order valence-electron chi connectivity index (χ1n) is 5.25. The Labute approximate surface area is 82.2 Å². The number of ketones is 1. The molecule has 1 nitrogen and oxygen atoms in total. The van der Waals surface area contributed by atoms with Gasteiger partial charge < -0.3 is 0 Å². The molecule has 1 heteroatoms. The molecule has 1 unspecified atom stereocenters. The summed E-state index contributed by atoms with van der Waals surface area (Å²) in [4.78, 5) is 11.4. The van der Waals surface area contributed by atoms with Gasteiger partial charge in [-0.15, -0.1) is 6.58 Å². The molecule has 0 saturated heterocycles. The van der Waals surface area contributed by atoms with Gasteiger partial charge in [0.15, 0.2) is 0 Å². The molecule has 0 aromatic rings. The molecule has 0 aliphatic heterocycles. The summed E-state index contributed by atoms with van der Waals surface area (Å²) in [5, 5.41) is 0. The minimum Gasteiger partial charge on any atom is -0.299 e. The minimum atomic E-state index is 0.192. The van der Waals surface area contributed by atoms with E-state index in [-0.39, 0.29) is 5.92 Å². The predicted octanol–water partition coefficient (Wildman–Crippen LogP) is 3.59. The van der Waals surface area contributed by atoms with Crippen LogP contribution in [0.25, 0.3) is 0 Å². The van der Waals surface area contributed by atoms with Gasteiger partial charge in [-0.05, 0) is 18.8 Å².